The zero-order chi connectivity index (χ0) is 33.7. The van der Waals surface area contributed by atoms with Gasteiger partial charge in [0.25, 0.3) is 0 Å². The van der Waals surface area contributed by atoms with Crippen molar-refractivity contribution in [3.05, 3.63) is 115 Å². The second-order valence-electron chi connectivity index (χ2n) is 10.6. The SMILES string of the molecule is C=CC(=O)OCCCCCCOc1ccc(C(=O)Oc2ccc(OC(=O)c3ccc(CCCCCCOC(=O)C=C)cc3)cc2)cc1. The lowest BCUT2D eigenvalue weighted by molar-refractivity contribution is -0.138. The maximum atomic E-state index is 12.6. The van der Waals surface area contributed by atoms with Crippen molar-refractivity contribution in [1.82, 2.24) is 0 Å². The molecule has 0 aliphatic heterocycles. The quantitative estimate of drug-likeness (QED) is 0.0501. The molecule has 0 fully saturated rings. The number of esters is 4. The molecule has 3 rings (SSSR count). The Hall–Kier alpha value is -5.18. The van der Waals surface area contributed by atoms with Gasteiger partial charge in [-0.1, -0.05) is 38.1 Å². The fourth-order valence-corrected chi connectivity index (χ4v) is 4.40. The lowest BCUT2D eigenvalue weighted by atomic mass is 10.0. The largest absolute Gasteiger partial charge is 0.494 e. The van der Waals surface area contributed by atoms with Crippen molar-refractivity contribution >= 4 is 23.9 Å². The van der Waals surface area contributed by atoms with E-state index in [4.69, 9.17) is 23.7 Å². The van der Waals surface area contributed by atoms with Crippen LogP contribution in [0.1, 0.15) is 77.6 Å². The number of benzene rings is 3. The number of rotatable bonds is 21. The lowest BCUT2D eigenvalue weighted by Crippen LogP contribution is -2.09. The van der Waals surface area contributed by atoms with Crippen molar-refractivity contribution in [3.8, 4) is 17.2 Å². The minimum absolute atomic E-state index is 0.316. The van der Waals surface area contributed by atoms with Crippen LogP contribution in [0, 0.1) is 0 Å². The van der Waals surface area contributed by atoms with E-state index >= 15 is 0 Å². The van der Waals surface area contributed by atoms with Gasteiger partial charge in [0.2, 0.25) is 0 Å². The van der Waals surface area contributed by atoms with E-state index in [9.17, 15) is 19.2 Å². The summed E-state index contributed by atoms with van der Waals surface area (Å²) in [6.07, 6.45) is 10.5. The highest BCUT2D eigenvalue weighted by molar-refractivity contribution is 5.92. The van der Waals surface area contributed by atoms with Gasteiger partial charge in [0.15, 0.2) is 0 Å². The minimum atomic E-state index is -0.521. The predicted octanol–water partition coefficient (Wildman–Crippen LogP) is 7.63. The number of ether oxygens (including phenoxy) is 5. The normalized spacial score (nSPS) is 10.4. The van der Waals surface area contributed by atoms with Crippen LogP contribution in [0.4, 0.5) is 0 Å². The number of carbonyl (C=O) groups is 4. The molecule has 0 atom stereocenters. The molecule has 0 spiro atoms. The third-order valence-electron chi connectivity index (χ3n) is 7.01. The van der Waals surface area contributed by atoms with Crippen LogP contribution < -0.4 is 14.2 Å². The first-order valence-electron chi connectivity index (χ1n) is 15.8. The number of aryl methyl sites for hydroxylation is 1. The van der Waals surface area contributed by atoms with Crippen LogP contribution in [0.15, 0.2) is 98.1 Å². The average molecular weight is 643 g/mol. The Morgan fingerprint density at radius 3 is 1.36 bits per heavy atom. The summed E-state index contributed by atoms with van der Waals surface area (Å²) >= 11 is 0. The molecule has 0 aromatic heterocycles. The summed E-state index contributed by atoms with van der Waals surface area (Å²) in [6.45, 7) is 8.07. The molecular weight excluding hydrogens is 600 g/mol. The van der Waals surface area contributed by atoms with Gasteiger partial charge in [-0.15, -0.1) is 0 Å². The van der Waals surface area contributed by atoms with E-state index in [0.717, 1.165) is 75.5 Å². The monoisotopic (exact) mass is 642 g/mol. The van der Waals surface area contributed by atoms with Gasteiger partial charge in [0.1, 0.15) is 17.2 Å². The van der Waals surface area contributed by atoms with Crippen molar-refractivity contribution in [3.63, 3.8) is 0 Å². The van der Waals surface area contributed by atoms with Crippen molar-refractivity contribution in [2.75, 3.05) is 19.8 Å². The zero-order valence-electron chi connectivity index (χ0n) is 26.7. The maximum absolute atomic E-state index is 12.6. The number of unbranched alkanes of at least 4 members (excludes halogenated alkanes) is 6. The Morgan fingerprint density at radius 1 is 0.489 bits per heavy atom. The van der Waals surface area contributed by atoms with Crippen molar-refractivity contribution in [2.45, 2.75) is 57.8 Å². The summed E-state index contributed by atoms with van der Waals surface area (Å²) < 4.78 is 26.6. The Kier molecular flexibility index (Phi) is 16.0. The molecule has 0 aliphatic carbocycles. The lowest BCUT2D eigenvalue weighted by Gasteiger charge is -2.09. The highest BCUT2D eigenvalue weighted by Crippen LogP contribution is 2.21. The minimum Gasteiger partial charge on any atom is -0.494 e. The van der Waals surface area contributed by atoms with E-state index < -0.39 is 23.9 Å². The third kappa shape index (κ3) is 14.2. The Morgan fingerprint density at radius 2 is 0.894 bits per heavy atom. The van der Waals surface area contributed by atoms with E-state index in [-0.39, 0.29) is 0 Å². The molecule has 9 heteroatoms. The second kappa shape index (κ2) is 20.8. The molecule has 0 heterocycles. The molecule has 9 nitrogen and oxygen atoms in total. The van der Waals surface area contributed by atoms with Crippen LogP contribution in [0.5, 0.6) is 17.2 Å². The molecule has 3 aromatic rings. The standard InChI is InChI=1S/C38H42O9/c1-3-35(39)44-27-11-6-5-9-13-29-14-16-30(17-15-29)37(41)46-33-22-24-34(25-23-33)47-38(42)31-18-20-32(21-19-31)43-26-10-7-8-12-28-45-36(40)4-2/h3-4,14-25H,1-2,5-13,26-28H2. The Bertz CT molecular complexity index is 1440. The van der Waals surface area contributed by atoms with E-state index in [2.05, 4.69) is 13.2 Å². The van der Waals surface area contributed by atoms with Crippen molar-refractivity contribution in [1.29, 1.82) is 0 Å². The summed E-state index contributed by atoms with van der Waals surface area (Å²) in [6, 6.07) is 20.3. The predicted molar refractivity (Wildman–Crippen MR) is 178 cm³/mol. The smallest absolute Gasteiger partial charge is 0.343 e. The van der Waals surface area contributed by atoms with Gasteiger partial charge in [-0.25, -0.2) is 19.2 Å². The summed E-state index contributed by atoms with van der Waals surface area (Å²) in [5.74, 6) is -0.502. The topological polar surface area (TPSA) is 114 Å². The molecule has 3 aromatic carbocycles. The molecule has 0 N–H and O–H groups in total. The number of hydrogen-bond acceptors (Lipinski definition) is 9. The van der Waals surface area contributed by atoms with Crippen molar-refractivity contribution < 1.29 is 42.9 Å². The summed E-state index contributed by atoms with van der Waals surface area (Å²) in [5.41, 5.74) is 1.93. The van der Waals surface area contributed by atoms with E-state index in [1.165, 1.54) is 0 Å². The van der Waals surface area contributed by atoms with Gasteiger partial charge in [0.05, 0.1) is 30.9 Å². The van der Waals surface area contributed by atoms with E-state index in [0.29, 0.717) is 48.2 Å². The van der Waals surface area contributed by atoms with Gasteiger partial charge in [-0.05, 0) is 111 Å². The van der Waals surface area contributed by atoms with Gasteiger partial charge in [0, 0.05) is 12.2 Å². The number of hydrogen-bond donors (Lipinski definition) is 0. The summed E-state index contributed by atoms with van der Waals surface area (Å²) in [5, 5.41) is 0. The molecule has 0 saturated heterocycles. The van der Waals surface area contributed by atoms with E-state index in [1.54, 1.807) is 60.7 Å². The Balaban J connectivity index is 1.33. The third-order valence-corrected chi connectivity index (χ3v) is 7.01. The van der Waals surface area contributed by atoms with Crippen LogP contribution in [0.3, 0.4) is 0 Å². The average Bonchev–Trinajstić information content (AvgIpc) is 3.10. The zero-order valence-corrected chi connectivity index (χ0v) is 26.7. The first-order chi connectivity index (χ1) is 22.9. The highest BCUT2D eigenvalue weighted by atomic mass is 16.5. The molecule has 47 heavy (non-hydrogen) atoms. The van der Waals surface area contributed by atoms with Gasteiger partial charge in [-0.3, -0.25) is 0 Å². The summed E-state index contributed by atoms with van der Waals surface area (Å²) in [4.78, 5) is 47.2. The molecule has 0 aliphatic rings. The van der Waals surface area contributed by atoms with Crippen LogP contribution >= 0.6 is 0 Å². The molecule has 0 amide bonds. The van der Waals surface area contributed by atoms with Crippen molar-refractivity contribution in [2.24, 2.45) is 0 Å². The fraction of sp³-hybridized carbons (Fsp3) is 0.316. The molecule has 0 unspecified atom stereocenters. The maximum Gasteiger partial charge on any atom is 0.343 e. The van der Waals surface area contributed by atoms with Gasteiger partial charge >= 0.3 is 23.9 Å². The summed E-state index contributed by atoms with van der Waals surface area (Å²) in [7, 11) is 0. The first-order valence-corrected chi connectivity index (χ1v) is 15.8. The first kappa shape index (κ1) is 36.3. The van der Waals surface area contributed by atoms with Crippen LogP contribution in [0.2, 0.25) is 0 Å². The molecule has 0 saturated carbocycles. The van der Waals surface area contributed by atoms with Gasteiger partial charge < -0.3 is 23.7 Å². The van der Waals surface area contributed by atoms with Crippen LogP contribution in [0.25, 0.3) is 0 Å². The fourth-order valence-electron chi connectivity index (χ4n) is 4.40. The van der Waals surface area contributed by atoms with Crippen LogP contribution in [-0.4, -0.2) is 43.7 Å². The molecule has 0 bridgehead atoms. The number of carbonyl (C=O) groups excluding carboxylic acids is 4. The highest BCUT2D eigenvalue weighted by Gasteiger charge is 2.12. The Labute approximate surface area is 276 Å². The second-order valence-corrected chi connectivity index (χ2v) is 10.6. The molecule has 0 radical (unpaired) electrons. The van der Waals surface area contributed by atoms with E-state index in [1.807, 2.05) is 12.1 Å². The molecular formula is C38H42O9. The van der Waals surface area contributed by atoms with Crippen LogP contribution in [-0.2, 0) is 25.5 Å². The molecule has 248 valence electrons. The van der Waals surface area contributed by atoms with Gasteiger partial charge in [-0.2, -0.15) is 0 Å².